The SMILES string of the molecule is CC(C)c1cccc(NC(=O)c2ccc(Cl)nn2)c1. The van der Waals surface area contributed by atoms with Crippen LogP contribution >= 0.6 is 11.6 Å². The summed E-state index contributed by atoms with van der Waals surface area (Å²) in [6.45, 7) is 4.21. The van der Waals surface area contributed by atoms with E-state index in [-0.39, 0.29) is 16.8 Å². The Morgan fingerprint density at radius 3 is 2.63 bits per heavy atom. The highest BCUT2D eigenvalue weighted by Gasteiger charge is 2.09. The van der Waals surface area contributed by atoms with Crippen LogP contribution < -0.4 is 5.32 Å². The summed E-state index contributed by atoms with van der Waals surface area (Å²) in [5.74, 6) is 0.109. The molecule has 1 amide bonds. The number of halogens is 1. The van der Waals surface area contributed by atoms with Crippen LogP contribution in [-0.4, -0.2) is 16.1 Å². The van der Waals surface area contributed by atoms with Crippen molar-refractivity contribution in [1.82, 2.24) is 10.2 Å². The van der Waals surface area contributed by atoms with E-state index >= 15 is 0 Å². The van der Waals surface area contributed by atoms with E-state index in [0.29, 0.717) is 5.92 Å². The maximum atomic E-state index is 11.9. The summed E-state index contributed by atoms with van der Waals surface area (Å²) >= 11 is 5.63. The molecule has 1 heterocycles. The number of carbonyl (C=O) groups excluding carboxylic acids is 1. The molecule has 0 saturated carbocycles. The zero-order valence-electron chi connectivity index (χ0n) is 10.7. The van der Waals surface area contributed by atoms with E-state index in [1.54, 1.807) is 0 Å². The van der Waals surface area contributed by atoms with Crippen LogP contribution in [0.5, 0.6) is 0 Å². The molecule has 0 aliphatic carbocycles. The molecule has 0 spiro atoms. The minimum atomic E-state index is -0.301. The number of rotatable bonds is 3. The van der Waals surface area contributed by atoms with Gasteiger partial charge in [0.1, 0.15) is 0 Å². The van der Waals surface area contributed by atoms with E-state index in [9.17, 15) is 4.79 Å². The summed E-state index contributed by atoms with van der Waals surface area (Å²) in [7, 11) is 0. The molecular weight excluding hydrogens is 262 g/mol. The maximum absolute atomic E-state index is 11.9. The van der Waals surface area contributed by atoms with Crippen molar-refractivity contribution in [2.24, 2.45) is 0 Å². The minimum Gasteiger partial charge on any atom is -0.321 e. The highest BCUT2D eigenvalue weighted by molar-refractivity contribution is 6.29. The summed E-state index contributed by atoms with van der Waals surface area (Å²) in [6.07, 6.45) is 0. The number of nitrogens with zero attached hydrogens (tertiary/aromatic N) is 2. The number of amides is 1. The van der Waals surface area contributed by atoms with Gasteiger partial charge in [-0.3, -0.25) is 4.79 Å². The molecule has 1 aromatic carbocycles. The zero-order valence-corrected chi connectivity index (χ0v) is 11.5. The second-order valence-electron chi connectivity index (χ2n) is 4.48. The zero-order chi connectivity index (χ0) is 13.8. The number of hydrogen-bond acceptors (Lipinski definition) is 3. The normalized spacial score (nSPS) is 10.5. The number of aromatic nitrogens is 2. The topological polar surface area (TPSA) is 54.9 Å². The lowest BCUT2D eigenvalue weighted by Gasteiger charge is -2.09. The van der Waals surface area contributed by atoms with Crippen molar-refractivity contribution in [1.29, 1.82) is 0 Å². The van der Waals surface area contributed by atoms with Gasteiger partial charge in [0.05, 0.1) is 0 Å². The van der Waals surface area contributed by atoms with Crippen molar-refractivity contribution in [3.63, 3.8) is 0 Å². The minimum absolute atomic E-state index is 0.236. The van der Waals surface area contributed by atoms with E-state index in [2.05, 4.69) is 29.4 Å². The average molecular weight is 276 g/mol. The third-order valence-corrected chi connectivity index (χ3v) is 2.88. The van der Waals surface area contributed by atoms with Gasteiger partial charge >= 0.3 is 0 Å². The van der Waals surface area contributed by atoms with Crippen LogP contribution in [0.25, 0.3) is 0 Å². The van der Waals surface area contributed by atoms with E-state index < -0.39 is 0 Å². The van der Waals surface area contributed by atoms with Gasteiger partial charge in [0.25, 0.3) is 5.91 Å². The summed E-state index contributed by atoms with van der Waals surface area (Å²) in [4.78, 5) is 11.9. The fourth-order valence-corrected chi connectivity index (χ4v) is 1.71. The summed E-state index contributed by atoms with van der Waals surface area (Å²) in [6, 6.07) is 10.8. The quantitative estimate of drug-likeness (QED) is 0.933. The molecule has 1 aromatic heterocycles. The lowest BCUT2D eigenvalue weighted by atomic mass is 10.0. The van der Waals surface area contributed by atoms with E-state index in [4.69, 9.17) is 11.6 Å². The van der Waals surface area contributed by atoms with Crippen molar-refractivity contribution < 1.29 is 4.79 Å². The second kappa shape index (κ2) is 5.80. The van der Waals surface area contributed by atoms with Crippen molar-refractivity contribution in [2.45, 2.75) is 19.8 Å². The van der Waals surface area contributed by atoms with Gasteiger partial charge in [-0.1, -0.05) is 37.6 Å². The van der Waals surface area contributed by atoms with Gasteiger partial charge in [-0.05, 0) is 35.7 Å². The average Bonchev–Trinajstić information content (AvgIpc) is 2.39. The molecule has 0 radical (unpaired) electrons. The fraction of sp³-hybridized carbons (Fsp3) is 0.214. The predicted octanol–water partition coefficient (Wildman–Crippen LogP) is 3.51. The Hall–Kier alpha value is -1.94. The van der Waals surface area contributed by atoms with E-state index in [0.717, 1.165) is 5.69 Å². The number of carbonyl (C=O) groups is 1. The lowest BCUT2D eigenvalue weighted by molar-refractivity contribution is 0.102. The van der Waals surface area contributed by atoms with Crippen molar-refractivity contribution in [3.05, 3.63) is 52.8 Å². The van der Waals surface area contributed by atoms with Crippen LogP contribution in [0.1, 0.15) is 35.8 Å². The molecule has 2 aromatic rings. The Kier molecular flexibility index (Phi) is 4.12. The van der Waals surface area contributed by atoms with Gasteiger partial charge in [0, 0.05) is 5.69 Å². The van der Waals surface area contributed by atoms with E-state index in [1.165, 1.54) is 17.7 Å². The van der Waals surface area contributed by atoms with Crippen LogP contribution in [-0.2, 0) is 0 Å². The maximum Gasteiger partial charge on any atom is 0.276 e. The van der Waals surface area contributed by atoms with Crippen LogP contribution in [0, 0.1) is 0 Å². The van der Waals surface area contributed by atoms with Gasteiger partial charge in [-0.2, -0.15) is 0 Å². The third-order valence-electron chi connectivity index (χ3n) is 2.68. The molecule has 0 atom stereocenters. The first-order chi connectivity index (χ1) is 9.06. The van der Waals surface area contributed by atoms with Crippen LogP contribution in [0.15, 0.2) is 36.4 Å². The van der Waals surface area contributed by atoms with Gasteiger partial charge in [0.2, 0.25) is 0 Å². The molecule has 2 rings (SSSR count). The molecule has 0 aliphatic heterocycles. The smallest absolute Gasteiger partial charge is 0.276 e. The van der Waals surface area contributed by atoms with Crippen molar-refractivity contribution in [2.75, 3.05) is 5.32 Å². The molecule has 0 bridgehead atoms. The Labute approximate surface area is 116 Å². The standard InChI is InChI=1S/C14H14ClN3O/c1-9(2)10-4-3-5-11(8-10)16-14(19)12-6-7-13(15)18-17-12/h3-9H,1-2H3,(H,16,19). The van der Waals surface area contributed by atoms with Crippen molar-refractivity contribution in [3.8, 4) is 0 Å². The monoisotopic (exact) mass is 275 g/mol. The number of hydrogen-bond donors (Lipinski definition) is 1. The highest BCUT2D eigenvalue weighted by Crippen LogP contribution is 2.18. The van der Waals surface area contributed by atoms with E-state index in [1.807, 2.05) is 24.3 Å². The third kappa shape index (κ3) is 3.51. The summed E-state index contributed by atoms with van der Waals surface area (Å²) in [5, 5.41) is 10.4. The van der Waals surface area contributed by atoms with Crippen molar-refractivity contribution >= 4 is 23.2 Å². The van der Waals surface area contributed by atoms with Crippen LogP contribution in [0.4, 0.5) is 5.69 Å². The first kappa shape index (κ1) is 13.5. The number of anilines is 1. The Bertz CT molecular complexity index is 581. The molecule has 0 aliphatic rings. The van der Waals surface area contributed by atoms with Gasteiger partial charge in [-0.25, -0.2) is 0 Å². The van der Waals surface area contributed by atoms with Crippen LogP contribution in [0.2, 0.25) is 5.15 Å². The van der Waals surface area contributed by atoms with Gasteiger partial charge in [0.15, 0.2) is 10.8 Å². The second-order valence-corrected chi connectivity index (χ2v) is 4.86. The number of nitrogens with one attached hydrogen (secondary N) is 1. The Morgan fingerprint density at radius 1 is 1.21 bits per heavy atom. The summed E-state index contributed by atoms with van der Waals surface area (Å²) in [5.41, 5.74) is 2.15. The first-order valence-corrected chi connectivity index (χ1v) is 6.34. The molecule has 4 nitrogen and oxygen atoms in total. The molecule has 0 fully saturated rings. The molecule has 1 N–H and O–H groups in total. The van der Waals surface area contributed by atoms with Gasteiger partial charge in [-0.15, -0.1) is 10.2 Å². The predicted molar refractivity (Wildman–Crippen MR) is 75.5 cm³/mol. The molecular formula is C14H14ClN3O. The molecule has 0 unspecified atom stereocenters. The van der Waals surface area contributed by atoms with Gasteiger partial charge < -0.3 is 5.32 Å². The Balaban J connectivity index is 2.14. The lowest BCUT2D eigenvalue weighted by Crippen LogP contribution is -2.14. The first-order valence-electron chi connectivity index (χ1n) is 5.97. The molecule has 98 valence electrons. The summed E-state index contributed by atoms with van der Waals surface area (Å²) < 4.78 is 0. The fourth-order valence-electron chi connectivity index (χ4n) is 1.61. The number of benzene rings is 1. The molecule has 5 heteroatoms. The molecule has 0 saturated heterocycles. The highest BCUT2D eigenvalue weighted by atomic mass is 35.5. The molecule has 19 heavy (non-hydrogen) atoms. The van der Waals surface area contributed by atoms with Crippen LogP contribution in [0.3, 0.4) is 0 Å². The largest absolute Gasteiger partial charge is 0.321 e. The Morgan fingerprint density at radius 2 is 2.00 bits per heavy atom.